The van der Waals surface area contributed by atoms with Crippen LogP contribution in [0.4, 0.5) is 5.69 Å². The van der Waals surface area contributed by atoms with Gasteiger partial charge < -0.3 is 10.4 Å². The first-order chi connectivity index (χ1) is 13.4. The van der Waals surface area contributed by atoms with Gasteiger partial charge in [0.2, 0.25) is 5.91 Å². The molecule has 1 aliphatic carbocycles. The van der Waals surface area contributed by atoms with Crippen molar-refractivity contribution in [2.75, 3.05) is 39.0 Å². The van der Waals surface area contributed by atoms with Crippen LogP contribution in [-0.2, 0) is 9.59 Å². The minimum atomic E-state index is -0.818. The number of amides is 1. The maximum atomic E-state index is 12.4. The van der Waals surface area contributed by atoms with Crippen molar-refractivity contribution in [3.05, 3.63) is 29.8 Å². The Morgan fingerprint density at radius 2 is 1.71 bits per heavy atom. The van der Waals surface area contributed by atoms with Gasteiger partial charge in [-0.15, -0.1) is 0 Å². The zero-order chi connectivity index (χ0) is 20.1. The highest BCUT2D eigenvalue weighted by molar-refractivity contribution is 5.92. The van der Waals surface area contributed by atoms with E-state index in [1.165, 1.54) is 37.7 Å². The van der Waals surface area contributed by atoms with E-state index in [2.05, 4.69) is 17.4 Å². The first-order valence-electron chi connectivity index (χ1n) is 10.4. The average Bonchev–Trinajstić information content (AvgIpc) is 2.69. The van der Waals surface area contributed by atoms with Crippen molar-refractivity contribution < 1.29 is 14.7 Å². The second-order valence-corrected chi connectivity index (χ2v) is 8.51. The van der Waals surface area contributed by atoms with Crippen molar-refractivity contribution in [3.8, 4) is 0 Å². The van der Waals surface area contributed by atoms with Crippen LogP contribution in [0.1, 0.15) is 56.4 Å². The number of nitrogens with zero attached hydrogens (tertiary/aromatic N) is 2. The lowest BCUT2D eigenvalue weighted by molar-refractivity contribution is -0.153. The highest BCUT2D eigenvalue weighted by Gasteiger charge is 2.43. The lowest BCUT2D eigenvalue weighted by Gasteiger charge is -2.42. The zero-order valence-electron chi connectivity index (χ0n) is 17.1. The number of rotatable bonds is 6. The molecular formula is C22H33N3O3. The lowest BCUT2D eigenvalue weighted by atomic mass is 9.84. The number of piperidine rings is 1. The first kappa shape index (κ1) is 20.8. The monoisotopic (exact) mass is 387 g/mol. The molecule has 0 bridgehead atoms. The number of carbonyl (C=O) groups excluding carboxylic acids is 1. The molecule has 1 heterocycles. The van der Waals surface area contributed by atoms with Crippen LogP contribution in [0.25, 0.3) is 0 Å². The number of likely N-dealkylation sites (N-methyl/N-ethyl adjacent to an activating group) is 1. The Morgan fingerprint density at radius 3 is 2.25 bits per heavy atom. The number of hydrogen-bond acceptors (Lipinski definition) is 4. The van der Waals surface area contributed by atoms with Crippen LogP contribution in [-0.4, -0.2) is 66.1 Å². The minimum Gasteiger partial charge on any atom is -0.480 e. The molecule has 0 radical (unpaired) electrons. The van der Waals surface area contributed by atoms with Crippen molar-refractivity contribution in [3.63, 3.8) is 0 Å². The molecule has 1 amide bonds. The Labute approximate surface area is 167 Å². The minimum absolute atomic E-state index is 0.0434. The van der Waals surface area contributed by atoms with Crippen LogP contribution in [0.5, 0.6) is 0 Å². The maximum Gasteiger partial charge on any atom is 0.324 e. The quantitative estimate of drug-likeness (QED) is 0.784. The molecule has 6 heteroatoms. The summed E-state index contributed by atoms with van der Waals surface area (Å²) >= 11 is 0. The molecule has 28 heavy (non-hydrogen) atoms. The number of aliphatic carboxylic acids is 1. The number of carboxylic acid groups (broad SMARTS) is 1. The Kier molecular flexibility index (Phi) is 6.73. The summed E-state index contributed by atoms with van der Waals surface area (Å²) in [6.45, 7) is 1.52. The van der Waals surface area contributed by atoms with Crippen molar-refractivity contribution in [2.24, 2.45) is 0 Å². The number of carbonyl (C=O) groups is 2. The Hall–Kier alpha value is -1.92. The summed E-state index contributed by atoms with van der Waals surface area (Å²) < 4.78 is 0. The SMILES string of the molecule is CN(C)C1(C(=O)O)CCN(CC(=O)Nc2ccc(C3CCCCC3)cc2)CC1. The van der Waals surface area contributed by atoms with Crippen LogP contribution in [0.15, 0.2) is 24.3 Å². The Balaban J connectivity index is 1.49. The van der Waals surface area contributed by atoms with Gasteiger partial charge in [-0.3, -0.25) is 19.4 Å². The van der Waals surface area contributed by atoms with Gasteiger partial charge in [0.15, 0.2) is 0 Å². The Morgan fingerprint density at radius 1 is 1.11 bits per heavy atom. The molecule has 0 unspecified atom stereocenters. The van der Waals surface area contributed by atoms with Gasteiger partial charge in [-0.1, -0.05) is 31.4 Å². The van der Waals surface area contributed by atoms with E-state index in [4.69, 9.17) is 0 Å². The maximum absolute atomic E-state index is 12.4. The zero-order valence-corrected chi connectivity index (χ0v) is 17.1. The molecule has 1 aliphatic heterocycles. The van der Waals surface area contributed by atoms with E-state index in [1.54, 1.807) is 4.90 Å². The molecule has 0 aromatic heterocycles. The molecule has 2 aliphatic rings. The van der Waals surface area contributed by atoms with Crippen molar-refractivity contribution in [2.45, 2.75) is 56.4 Å². The summed E-state index contributed by atoms with van der Waals surface area (Å²) in [6, 6.07) is 8.29. The van der Waals surface area contributed by atoms with Gasteiger partial charge in [0, 0.05) is 18.8 Å². The Bertz CT molecular complexity index is 673. The predicted molar refractivity (Wildman–Crippen MR) is 111 cm³/mol. The fraction of sp³-hybridized carbons (Fsp3) is 0.636. The molecule has 2 fully saturated rings. The van der Waals surface area contributed by atoms with E-state index >= 15 is 0 Å². The van der Waals surface area contributed by atoms with Gasteiger partial charge >= 0.3 is 5.97 Å². The van der Waals surface area contributed by atoms with Crippen LogP contribution in [0.2, 0.25) is 0 Å². The molecule has 3 rings (SSSR count). The van der Waals surface area contributed by atoms with E-state index < -0.39 is 11.5 Å². The smallest absolute Gasteiger partial charge is 0.324 e. The number of carboxylic acids is 1. The van der Waals surface area contributed by atoms with E-state index in [9.17, 15) is 14.7 Å². The van der Waals surface area contributed by atoms with Gasteiger partial charge in [-0.05, 0) is 63.4 Å². The van der Waals surface area contributed by atoms with E-state index in [0.717, 1.165) is 5.69 Å². The summed E-state index contributed by atoms with van der Waals surface area (Å²) in [5.74, 6) is -0.157. The normalized spacial score (nSPS) is 20.8. The van der Waals surface area contributed by atoms with Crippen molar-refractivity contribution in [1.82, 2.24) is 9.80 Å². The summed E-state index contributed by atoms with van der Waals surface area (Å²) in [4.78, 5) is 27.9. The van der Waals surface area contributed by atoms with Crippen LogP contribution < -0.4 is 5.32 Å². The van der Waals surface area contributed by atoms with Crippen molar-refractivity contribution in [1.29, 1.82) is 0 Å². The van der Waals surface area contributed by atoms with Crippen LogP contribution >= 0.6 is 0 Å². The summed E-state index contributed by atoms with van der Waals surface area (Å²) in [7, 11) is 3.63. The van der Waals surface area contributed by atoms with Crippen molar-refractivity contribution >= 4 is 17.6 Å². The third kappa shape index (κ3) is 4.73. The standard InChI is InChI=1S/C22H33N3O3/c1-24(2)22(21(27)28)12-14-25(15-13-22)16-20(26)23-19-10-8-18(9-11-19)17-6-4-3-5-7-17/h8-11,17H,3-7,12-16H2,1-2H3,(H,23,26)(H,27,28). The number of benzene rings is 1. The third-order valence-electron chi connectivity index (χ3n) is 6.58. The largest absolute Gasteiger partial charge is 0.480 e. The van der Waals surface area contributed by atoms with E-state index in [0.29, 0.717) is 38.4 Å². The van der Waals surface area contributed by atoms with Crippen LogP contribution in [0, 0.1) is 0 Å². The summed E-state index contributed by atoms with van der Waals surface area (Å²) in [5, 5.41) is 12.6. The second-order valence-electron chi connectivity index (χ2n) is 8.51. The first-order valence-corrected chi connectivity index (χ1v) is 10.4. The van der Waals surface area contributed by atoms with Gasteiger partial charge in [0.1, 0.15) is 5.54 Å². The molecular weight excluding hydrogens is 354 g/mol. The number of likely N-dealkylation sites (tertiary alicyclic amines) is 1. The number of anilines is 1. The van der Waals surface area contributed by atoms with Gasteiger partial charge in [0.05, 0.1) is 6.54 Å². The highest BCUT2D eigenvalue weighted by Crippen LogP contribution is 2.33. The second kappa shape index (κ2) is 9.05. The van der Waals surface area contributed by atoms with E-state index in [1.807, 2.05) is 31.1 Å². The van der Waals surface area contributed by atoms with Crippen LogP contribution in [0.3, 0.4) is 0 Å². The molecule has 1 saturated heterocycles. The highest BCUT2D eigenvalue weighted by atomic mass is 16.4. The molecule has 1 aromatic carbocycles. The molecule has 1 aromatic rings. The number of nitrogens with one attached hydrogen (secondary N) is 1. The molecule has 2 N–H and O–H groups in total. The molecule has 154 valence electrons. The van der Waals surface area contributed by atoms with E-state index in [-0.39, 0.29) is 5.91 Å². The third-order valence-corrected chi connectivity index (χ3v) is 6.58. The summed E-state index contributed by atoms with van der Waals surface area (Å²) in [6.07, 6.45) is 7.57. The predicted octanol–water partition coefficient (Wildman–Crippen LogP) is 3.15. The molecule has 0 atom stereocenters. The fourth-order valence-electron chi connectivity index (χ4n) is 4.61. The molecule has 1 saturated carbocycles. The molecule has 6 nitrogen and oxygen atoms in total. The number of hydrogen-bond donors (Lipinski definition) is 2. The van der Waals surface area contributed by atoms with Gasteiger partial charge in [0.25, 0.3) is 0 Å². The van der Waals surface area contributed by atoms with Gasteiger partial charge in [-0.2, -0.15) is 0 Å². The molecule has 0 spiro atoms. The fourth-order valence-corrected chi connectivity index (χ4v) is 4.61. The average molecular weight is 388 g/mol. The topological polar surface area (TPSA) is 72.9 Å². The lowest BCUT2D eigenvalue weighted by Crippen LogP contribution is -2.58. The summed E-state index contributed by atoms with van der Waals surface area (Å²) in [5.41, 5.74) is 1.39. The van der Waals surface area contributed by atoms with Gasteiger partial charge in [-0.25, -0.2) is 0 Å².